The van der Waals surface area contributed by atoms with Gasteiger partial charge in [-0.3, -0.25) is 0 Å². The van der Waals surface area contributed by atoms with Crippen LogP contribution in [0.1, 0.15) is 13.3 Å². The zero-order valence-electron chi connectivity index (χ0n) is 6.42. The highest BCUT2D eigenvalue weighted by Gasteiger charge is 2.27. The molecule has 1 fully saturated rings. The van der Waals surface area contributed by atoms with Gasteiger partial charge in [0.25, 0.3) is 0 Å². The summed E-state index contributed by atoms with van der Waals surface area (Å²) in [6.07, 6.45) is 6.30. The van der Waals surface area contributed by atoms with Gasteiger partial charge in [0.1, 0.15) is 0 Å². The number of rotatable bonds is 0. The fourth-order valence-corrected chi connectivity index (χ4v) is 3.31. The van der Waals surface area contributed by atoms with Crippen molar-refractivity contribution in [2.75, 3.05) is 11.5 Å². The monoisotopic (exact) mass is 154 g/mol. The van der Waals surface area contributed by atoms with Gasteiger partial charge in [-0.05, 0) is 35.7 Å². The molecule has 2 rings (SSSR count). The zero-order chi connectivity index (χ0) is 6.97. The van der Waals surface area contributed by atoms with E-state index in [0.29, 0.717) is 0 Å². The Bertz CT molecular complexity index is 147. The fourth-order valence-electron chi connectivity index (χ4n) is 1.89. The summed E-state index contributed by atoms with van der Waals surface area (Å²) in [5, 5.41) is 0. The van der Waals surface area contributed by atoms with E-state index < -0.39 is 0 Å². The van der Waals surface area contributed by atoms with E-state index in [1.165, 1.54) is 17.9 Å². The van der Waals surface area contributed by atoms with Gasteiger partial charge in [0, 0.05) is 0 Å². The average Bonchev–Trinajstić information content (AvgIpc) is 1.99. The van der Waals surface area contributed by atoms with Crippen molar-refractivity contribution < 1.29 is 0 Å². The van der Waals surface area contributed by atoms with E-state index in [4.69, 9.17) is 0 Å². The molecule has 0 saturated carbocycles. The number of fused-ring (bicyclic) bond motifs is 2. The van der Waals surface area contributed by atoms with E-state index in [1.54, 1.807) is 0 Å². The summed E-state index contributed by atoms with van der Waals surface area (Å²) in [4.78, 5) is 0. The SMILES string of the molecule is C[C@H]1C=C[C@H]2CSCC1C2. The van der Waals surface area contributed by atoms with Gasteiger partial charge in [-0.2, -0.15) is 11.8 Å². The van der Waals surface area contributed by atoms with Crippen LogP contribution in [-0.4, -0.2) is 11.5 Å². The van der Waals surface area contributed by atoms with Crippen LogP contribution in [0.25, 0.3) is 0 Å². The lowest BCUT2D eigenvalue weighted by Gasteiger charge is -2.33. The summed E-state index contributed by atoms with van der Waals surface area (Å²) in [7, 11) is 0. The van der Waals surface area contributed by atoms with Crippen molar-refractivity contribution in [3.63, 3.8) is 0 Å². The topological polar surface area (TPSA) is 0 Å². The molecule has 1 aliphatic carbocycles. The second-order valence-electron chi connectivity index (χ2n) is 3.54. The van der Waals surface area contributed by atoms with Crippen LogP contribution < -0.4 is 0 Å². The van der Waals surface area contributed by atoms with E-state index in [-0.39, 0.29) is 0 Å². The van der Waals surface area contributed by atoms with E-state index in [2.05, 4.69) is 30.8 Å². The van der Waals surface area contributed by atoms with Crippen LogP contribution >= 0.6 is 11.8 Å². The molecule has 0 aromatic rings. The summed E-state index contributed by atoms with van der Waals surface area (Å²) in [5.74, 6) is 5.54. The van der Waals surface area contributed by atoms with Crippen LogP contribution in [0.15, 0.2) is 12.2 Å². The van der Waals surface area contributed by atoms with Gasteiger partial charge in [0.15, 0.2) is 0 Å². The molecule has 1 heterocycles. The molecule has 0 aromatic carbocycles. The first-order chi connectivity index (χ1) is 4.86. The summed E-state index contributed by atoms with van der Waals surface area (Å²) in [6, 6.07) is 0. The van der Waals surface area contributed by atoms with Crippen molar-refractivity contribution >= 4 is 11.8 Å². The first kappa shape index (κ1) is 6.78. The van der Waals surface area contributed by atoms with Gasteiger partial charge in [-0.15, -0.1) is 0 Å². The Labute approximate surface area is 67.1 Å². The maximum absolute atomic E-state index is 2.42. The third kappa shape index (κ3) is 1.12. The molecule has 1 heteroatoms. The maximum Gasteiger partial charge on any atom is -0.000424 e. The molecular weight excluding hydrogens is 140 g/mol. The predicted octanol–water partition coefficient (Wildman–Crippen LogP) is 2.56. The molecule has 3 atom stereocenters. The molecule has 0 radical (unpaired) electrons. The van der Waals surface area contributed by atoms with Crippen molar-refractivity contribution in [3.05, 3.63) is 12.2 Å². The van der Waals surface area contributed by atoms with E-state index in [0.717, 1.165) is 17.8 Å². The number of hydrogen-bond acceptors (Lipinski definition) is 1. The number of thioether (sulfide) groups is 1. The highest BCUT2D eigenvalue weighted by Crippen LogP contribution is 2.37. The molecule has 0 nitrogen and oxygen atoms in total. The summed E-state index contributed by atoms with van der Waals surface area (Å²) < 4.78 is 0. The van der Waals surface area contributed by atoms with Crippen molar-refractivity contribution in [3.8, 4) is 0 Å². The van der Waals surface area contributed by atoms with Gasteiger partial charge in [-0.25, -0.2) is 0 Å². The molecule has 2 bridgehead atoms. The van der Waals surface area contributed by atoms with Crippen LogP contribution in [0.5, 0.6) is 0 Å². The maximum atomic E-state index is 2.42. The van der Waals surface area contributed by atoms with Crippen molar-refractivity contribution in [2.45, 2.75) is 13.3 Å². The molecule has 10 heavy (non-hydrogen) atoms. The Morgan fingerprint density at radius 3 is 3.00 bits per heavy atom. The number of allylic oxidation sites excluding steroid dienone is 2. The Kier molecular flexibility index (Phi) is 1.77. The van der Waals surface area contributed by atoms with Crippen molar-refractivity contribution in [1.29, 1.82) is 0 Å². The van der Waals surface area contributed by atoms with Gasteiger partial charge in [0.2, 0.25) is 0 Å². The van der Waals surface area contributed by atoms with Crippen LogP contribution in [0.3, 0.4) is 0 Å². The van der Waals surface area contributed by atoms with Crippen LogP contribution in [0.4, 0.5) is 0 Å². The van der Waals surface area contributed by atoms with Gasteiger partial charge in [0.05, 0.1) is 0 Å². The minimum absolute atomic E-state index is 0.851. The first-order valence-corrected chi connectivity index (χ1v) is 5.28. The summed E-state index contributed by atoms with van der Waals surface area (Å²) in [5.41, 5.74) is 0. The lowest BCUT2D eigenvalue weighted by molar-refractivity contribution is 0.362. The van der Waals surface area contributed by atoms with Crippen molar-refractivity contribution in [1.82, 2.24) is 0 Å². The first-order valence-electron chi connectivity index (χ1n) is 4.12. The lowest BCUT2D eigenvalue weighted by atomic mass is 9.81. The van der Waals surface area contributed by atoms with Gasteiger partial charge in [-0.1, -0.05) is 19.1 Å². The largest absolute Gasteiger partial charge is 0.161 e. The van der Waals surface area contributed by atoms with Crippen LogP contribution in [-0.2, 0) is 0 Å². The quantitative estimate of drug-likeness (QED) is 0.483. The van der Waals surface area contributed by atoms with Crippen LogP contribution in [0, 0.1) is 17.8 Å². The standard InChI is InChI=1S/C9H14S/c1-7-2-3-8-4-9(7)6-10-5-8/h2-3,7-9H,4-6H2,1H3/t7-,8+,9?/m0/s1. The summed E-state index contributed by atoms with van der Waals surface area (Å²) in [6.45, 7) is 2.35. The van der Waals surface area contributed by atoms with Crippen molar-refractivity contribution in [2.24, 2.45) is 17.8 Å². The smallest absolute Gasteiger partial charge is 0.000424 e. The van der Waals surface area contributed by atoms with Crippen LogP contribution in [0.2, 0.25) is 0 Å². The minimum Gasteiger partial charge on any atom is -0.161 e. The molecule has 0 N–H and O–H groups in total. The Morgan fingerprint density at radius 1 is 1.30 bits per heavy atom. The predicted molar refractivity (Wildman–Crippen MR) is 47.2 cm³/mol. The third-order valence-electron chi connectivity index (χ3n) is 2.70. The molecule has 56 valence electrons. The van der Waals surface area contributed by atoms with E-state index >= 15 is 0 Å². The third-order valence-corrected chi connectivity index (χ3v) is 4.03. The Balaban J connectivity index is 2.13. The molecule has 1 aliphatic heterocycles. The van der Waals surface area contributed by atoms with Gasteiger partial charge < -0.3 is 0 Å². The lowest BCUT2D eigenvalue weighted by Crippen LogP contribution is -2.26. The van der Waals surface area contributed by atoms with E-state index in [1.807, 2.05) is 0 Å². The molecule has 0 amide bonds. The molecule has 0 aromatic heterocycles. The minimum atomic E-state index is 0.851. The fraction of sp³-hybridized carbons (Fsp3) is 0.778. The molecule has 1 unspecified atom stereocenters. The van der Waals surface area contributed by atoms with Gasteiger partial charge >= 0.3 is 0 Å². The second kappa shape index (κ2) is 2.61. The second-order valence-corrected chi connectivity index (χ2v) is 4.61. The Morgan fingerprint density at radius 2 is 2.20 bits per heavy atom. The molecule has 2 aliphatic rings. The highest BCUT2D eigenvalue weighted by molar-refractivity contribution is 7.99. The zero-order valence-corrected chi connectivity index (χ0v) is 7.23. The molecule has 0 spiro atoms. The number of hydrogen-bond donors (Lipinski definition) is 0. The van der Waals surface area contributed by atoms with E-state index in [9.17, 15) is 0 Å². The molecular formula is C9H14S. The molecule has 1 saturated heterocycles. The average molecular weight is 154 g/mol. The highest BCUT2D eigenvalue weighted by atomic mass is 32.2. The normalized spacial score (nSPS) is 45.5. The summed E-state index contributed by atoms with van der Waals surface area (Å²) >= 11 is 2.14. The Hall–Kier alpha value is 0.0900.